The third-order valence-electron chi connectivity index (χ3n) is 3.90. The van der Waals surface area contributed by atoms with Crippen LogP contribution in [0.4, 0.5) is 0 Å². The van der Waals surface area contributed by atoms with Crippen LogP contribution in [0, 0.1) is 5.92 Å². The summed E-state index contributed by atoms with van der Waals surface area (Å²) in [5.41, 5.74) is 0.683. The van der Waals surface area contributed by atoms with E-state index in [9.17, 15) is 4.79 Å². The van der Waals surface area contributed by atoms with Crippen LogP contribution >= 0.6 is 11.6 Å². The van der Waals surface area contributed by atoms with Gasteiger partial charge in [0.25, 0.3) is 5.91 Å². The molecule has 1 aromatic heterocycles. The number of halogens is 1. The number of aryl methyl sites for hydroxylation is 1. The quantitative estimate of drug-likeness (QED) is 0.814. The summed E-state index contributed by atoms with van der Waals surface area (Å²) in [5.74, 6) is 0.741. The smallest absolute Gasteiger partial charge is 0.270 e. The maximum atomic E-state index is 12.4. The Kier molecular flexibility index (Phi) is 2.64. The van der Waals surface area contributed by atoms with Crippen LogP contribution in [0.2, 0.25) is 5.02 Å². The molecule has 92 valence electrons. The highest BCUT2D eigenvalue weighted by Crippen LogP contribution is 2.29. The van der Waals surface area contributed by atoms with Crippen molar-refractivity contribution in [2.24, 2.45) is 13.0 Å². The minimum Gasteiger partial charge on any atom is -0.345 e. The topological polar surface area (TPSA) is 37.3 Å². The number of amides is 1. The molecule has 0 aromatic carbocycles. The average Bonchev–Trinajstić information content (AvgIpc) is 2.91. The second-order valence-electron chi connectivity index (χ2n) is 4.93. The molecule has 2 atom stereocenters. The van der Waals surface area contributed by atoms with Gasteiger partial charge in [0.2, 0.25) is 0 Å². The Hall–Kier alpha value is -1.00. The summed E-state index contributed by atoms with van der Waals surface area (Å²) in [4.78, 5) is 14.4. The largest absolute Gasteiger partial charge is 0.345 e. The highest BCUT2D eigenvalue weighted by molar-refractivity contribution is 6.31. The van der Waals surface area contributed by atoms with Crippen LogP contribution in [-0.2, 0) is 7.05 Å². The first kappa shape index (κ1) is 11.1. The zero-order chi connectivity index (χ0) is 12.0. The first-order chi connectivity index (χ1) is 8.16. The van der Waals surface area contributed by atoms with Gasteiger partial charge in [-0.1, -0.05) is 11.6 Å². The van der Waals surface area contributed by atoms with Crippen molar-refractivity contribution in [1.29, 1.82) is 0 Å². The molecule has 4 nitrogen and oxygen atoms in total. The van der Waals surface area contributed by atoms with Gasteiger partial charge in [0, 0.05) is 38.9 Å². The third kappa shape index (κ3) is 1.76. The number of nitrogens with zero attached hydrogens (tertiary/aromatic N) is 2. The van der Waals surface area contributed by atoms with Crippen molar-refractivity contribution in [3.63, 3.8) is 0 Å². The molecule has 0 saturated carbocycles. The molecule has 2 saturated heterocycles. The number of aromatic nitrogens is 1. The number of carbonyl (C=O) groups excluding carboxylic acids is 1. The summed E-state index contributed by atoms with van der Waals surface area (Å²) in [6, 6.07) is 2.12. The first-order valence-electron chi connectivity index (χ1n) is 6.00. The molecule has 0 aliphatic carbocycles. The van der Waals surface area contributed by atoms with Gasteiger partial charge in [0.15, 0.2) is 0 Å². The van der Waals surface area contributed by atoms with Crippen LogP contribution in [0.15, 0.2) is 12.3 Å². The van der Waals surface area contributed by atoms with Gasteiger partial charge >= 0.3 is 0 Å². The molecule has 2 aliphatic heterocycles. The Morgan fingerprint density at radius 1 is 1.53 bits per heavy atom. The van der Waals surface area contributed by atoms with Crippen LogP contribution in [0.1, 0.15) is 16.9 Å². The second-order valence-corrected chi connectivity index (χ2v) is 5.36. The highest BCUT2D eigenvalue weighted by atomic mass is 35.5. The summed E-state index contributed by atoms with van der Waals surface area (Å²) < 4.78 is 1.81. The minimum atomic E-state index is 0.107. The van der Waals surface area contributed by atoms with E-state index in [2.05, 4.69) is 5.32 Å². The average molecular weight is 254 g/mol. The second kappa shape index (κ2) is 4.03. The molecule has 0 unspecified atom stereocenters. The Balaban J connectivity index is 1.85. The standard InChI is InChI=1S/C12H16ClN3O/c1-15-7-9(13)4-10(15)12(17)16-3-2-8-5-14-6-11(8)16/h4,7-8,11,14H,2-3,5-6H2,1H3/t8-,11+/m1/s1. The van der Waals surface area contributed by atoms with Gasteiger partial charge < -0.3 is 14.8 Å². The maximum absolute atomic E-state index is 12.4. The van der Waals surface area contributed by atoms with Crippen molar-refractivity contribution in [1.82, 2.24) is 14.8 Å². The fourth-order valence-electron chi connectivity index (χ4n) is 2.99. The molecule has 3 heterocycles. The molecule has 1 amide bonds. The summed E-state index contributed by atoms with van der Waals surface area (Å²) in [6.45, 7) is 2.84. The number of hydrogen-bond donors (Lipinski definition) is 1. The van der Waals surface area contributed by atoms with E-state index in [4.69, 9.17) is 11.6 Å². The van der Waals surface area contributed by atoms with Crippen LogP contribution < -0.4 is 5.32 Å². The normalized spacial score (nSPS) is 27.5. The Morgan fingerprint density at radius 2 is 2.35 bits per heavy atom. The zero-order valence-electron chi connectivity index (χ0n) is 9.82. The monoisotopic (exact) mass is 253 g/mol. The van der Waals surface area contributed by atoms with Crippen molar-refractivity contribution in [2.75, 3.05) is 19.6 Å². The number of carbonyl (C=O) groups is 1. The van der Waals surface area contributed by atoms with E-state index >= 15 is 0 Å². The number of rotatable bonds is 1. The van der Waals surface area contributed by atoms with E-state index in [1.807, 2.05) is 11.9 Å². The fraction of sp³-hybridized carbons (Fsp3) is 0.583. The van der Waals surface area contributed by atoms with Gasteiger partial charge in [-0.25, -0.2) is 0 Å². The fourth-order valence-corrected chi connectivity index (χ4v) is 3.24. The molecule has 2 aliphatic rings. The molecule has 17 heavy (non-hydrogen) atoms. The van der Waals surface area contributed by atoms with Crippen molar-refractivity contribution >= 4 is 17.5 Å². The van der Waals surface area contributed by atoms with Crippen LogP contribution in [-0.4, -0.2) is 41.1 Å². The van der Waals surface area contributed by atoms with Gasteiger partial charge in [-0.3, -0.25) is 4.79 Å². The van der Waals surface area contributed by atoms with Gasteiger partial charge in [-0.2, -0.15) is 0 Å². The van der Waals surface area contributed by atoms with E-state index in [1.54, 1.807) is 16.8 Å². The van der Waals surface area contributed by atoms with Crippen molar-refractivity contribution in [3.05, 3.63) is 23.0 Å². The lowest BCUT2D eigenvalue weighted by molar-refractivity contribution is 0.0727. The Labute approximate surface area is 106 Å². The van der Waals surface area contributed by atoms with Gasteiger partial charge in [-0.15, -0.1) is 0 Å². The van der Waals surface area contributed by atoms with E-state index in [-0.39, 0.29) is 5.91 Å². The van der Waals surface area contributed by atoms with Gasteiger partial charge in [-0.05, 0) is 18.4 Å². The third-order valence-corrected chi connectivity index (χ3v) is 4.10. The van der Waals surface area contributed by atoms with E-state index in [0.29, 0.717) is 22.7 Å². The van der Waals surface area contributed by atoms with Crippen molar-refractivity contribution in [3.8, 4) is 0 Å². The molecular formula is C12H16ClN3O. The zero-order valence-corrected chi connectivity index (χ0v) is 10.6. The maximum Gasteiger partial charge on any atom is 0.270 e. The molecule has 1 aromatic rings. The van der Waals surface area contributed by atoms with Crippen molar-refractivity contribution < 1.29 is 4.79 Å². The van der Waals surface area contributed by atoms with Gasteiger partial charge in [0.1, 0.15) is 5.69 Å². The molecule has 0 spiro atoms. The van der Waals surface area contributed by atoms with Crippen LogP contribution in [0.5, 0.6) is 0 Å². The van der Waals surface area contributed by atoms with Crippen molar-refractivity contribution in [2.45, 2.75) is 12.5 Å². The summed E-state index contributed by atoms with van der Waals surface area (Å²) >= 11 is 5.92. The number of hydrogen-bond acceptors (Lipinski definition) is 2. The molecule has 0 bridgehead atoms. The van der Waals surface area contributed by atoms with E-state index < -0.39 is 0 Å². The number of fused-ring (bicyclic) bond motifs is 1. The summed E-state index contributed by atoms with van der Waals surface area (Å²) in [6.07, 6.45) is 2.89. The number of likely N-dealkylation sites (tertiary alicyclic amines) is 1. The minimum absolute atomic E-state index is 0.107. The molecule has 0 radical (unpaired) electrons. The van der Waals surface area contributed by atoms with Crippen LogP contribution in [0.3, 0.4) is 0 Å². The lowest BCUT2D eigenvalue weighted by Gasteiger charge is -2.23. The highest BCUT2D eigenvalue weighted by Gasteiger charge is 2.40. The summed E-state index contributed by atoms with van der Waals surface area (Å²) in [7, 11) is 1.86. The first-order valence-corrected chi connectivity index (χ1v) is 6.38. The van der Waals surface area contributed by atoms with Gasteiger partial charge in [0.05, 0.1) is 5.02 Å². The predicted molar refractivity (Wildman–Crippen MR) is 66.2 cm³/mol. The summed E-state index contributed by atoms with van der Waals surface area (Å²) in [5, 5.41) is 3.98. The molecule has 5 heteroatoms. The van der Waals surface area contributed by atoms with E-state index in [0.717, 1.165) is 26.1 Å². The molecule has 2 fully saturated rings. The molecular weight excluding hydrogens is 238 g/mol. The molecule has 3 rings (SSSR count). The van der Waals surface area contributed by atoms with E-state index in [1.165, 1.54) is 0 Å². The lowest BCUT2D eigenvalue weighted by Crippen LogP contribution is -2.39. The predicted octanol–water partition coefficient (Wildman–Crippen LogP) is 1.11. The molecule has 1 N–H and O–H groups in total. The SMILES string of the molecule is Cn1cc(Cl)cc1C(=O)N1CC[C@@H]2CNC[C@@H]21. The lowest BCUT2D eigenvalue weighted by atomic mass is 10.1. The Morgan fingerprint density at radius 3 is 3.06 bits per heavy atom. The Bertz CT molecular complexity index is 457. The number of nitrogens with one attached hydrogen (secondary N) is 1. The van der Waals surface area contributed by atoms with Crippen LogP contribution in [0.25, 0.3) is 0 Å².